The van der Waals surface area contributed by atoms with Gasteiger partial charge in [-0.05, 0) is 77.9 Å². The lowest BCUT2D eigenvalue weighted by atomic mass is 9.86. The van der Waals surface area contributed by atoms with E-state index in [1.165, 1.54) is 43.8 Å². The molecular formula is C32H19BrO. The average Bonchev–Trinajstić information content (AvgIpc) is 3.27. The highest BCUT2D eigenvalue weighted by molar-refractivity contribution is 9.10. The van der Waals surface area contributed by atoms with E-state index in [2.05, 4.69) is 125 Å². The third-order valence-corrected chi connectivity index (χ3v) is 7.36. The van der Waals surface area contributed by atoms with Gasteiger partial charge in [-0.25, -0.2) is 0 Å². The SMILES string of the molecule is Brc1cccc2c1oc1ccc(-c3c4ccccc4c(-c4ccccc4)c4ccccc34)cc12. The molecular weight excluding hydrogens is 480 g/mol. The van der Waals surface area contributed by atoms with Gasteiger partial charge >= 0.3 is 0 Å². The predicted octanol–water partition coefficient (Wildman–Crippen LogP) is 9.99. The number of halogens is 1. The Labute approximate surface area is 205 Å². The summed E-state index contributed by atoms with van der Waals surface area (Å²) in [5.74, 6) is 0. The van der Waals surface area contributed by atoms with Crippen molar-refractivity contribution in [1.82, 2.24) is 0 Å². The molecule has 0 spiro atoms. The van der Waals surface area contributed by atoms with E-state index >= 15 is 0 Å². The average molecular weight is 499 g/mol. The van der Waals surface area contributed by atoms with Gasteiger partial charge in [0.05, 0.1) is 4.47 Å². The maximum Gasteiger partial charge on any atom is 0.149 e. The highest BCUT2D eigenvalue weighted by Gasteiger charge is 2.17. The van der Waals surface area contributed by atoms with Gasteiger partial charge in [-0.3, -0.25) is 0 Å². The fourth-order valence-electron chi connectivity index (χ4n) is 5.27. The van der Waals surface area contributed by atoms with Crippen molar-refractivity contribution in [2.24, 2.45) is 0 Å². The van der Waals surface area contributed by atoms with E-state index in [4.69, 9.17) is 4.42 Å². The predicted molar refractivity (Wildman–Crippen MR) is 147 cm³/mol. The van der Waals surface area contributed by atoms with Crippen molar-refractivity contribution in [3.8, 4) is 22.3 Å². The quantitative estimate of drug-likeness (QED) is 0.216. The van der Waals surface area contributed by atoms with Gasteiger partial charge in [-0.2, -0.15) is 0 Å². The van der Waals surface area contributed by atoms with Gasteiger partial charge in [-0.1, -0.05) is 97.1 Å². The molecule has 0 aliphatic heterocycles. The van der Waals surface area contributed by atoms with E-state index < -0.39 is 0 Å². The highest BCUT2D eigenvalue weighted by atomic mass is 79.9. The molecule has 7 aromatic rings. The van der Waals surface area contributed by atoms with Gasteiger partial charge in [0.15, 0.2) is 0 Å². The largest absolute Gasteiger partial charge is 0.455 e. The molecule has 1 nitrogen and oxygen atoms in total. The number of hydrogen-bond acceptors (Lipinski definition) is 1. The molecule has 0 unspecified atom stereocenters. The van der Waals surface area contributed by atoms with Crippen molar-refractivity contribution < 1.29 is 4.42 Å². The number of para-hydroxylation sites is 1. The van der Waals surface area contributed by atoms with Crippen LogP contribution in [0.15, 0.2) is 124 Å². The monoisotopic (exact) mass is 498 g/mol. The summed E-state index contributed by atoms with van der Waals surface area (Å²) >= 11 is 3.64. The topological polar surface area (TPSA) is 13.1 Å². The minimum atomic E-state index is 0.892. The minimum Gasteiger partial charge on any atom is -0.455 e. The molecule has 0 N–H and O–H groups in total. The fraction of sp³-hybridized carbons (Fsp3) is 0. The number of furan rings is 1. The normalized spacial score (nSPS) is 11.7. The first-order valence-electron chi connectivity index (χ1n) is 11.4. The molecule has 0 aliphatic carbocycles. The molecule has 34 heavy (non-hydrogen) atoms. The van der Waals surface area contributed by atoms with E-state index in [9.17, 15) is 0 Å². The Morgan fingerprint density at radius 1 is 0.441 bits per heavy atom. The van der Waals surface area contributed by atoms with Crippen molar-refractivity contribution in [2.75, 3.05) is 0 Å². The lowest BCUT2D eigenvalue weighted by Crippen LogP contribution is -1.90. The molecule has 160 valence electrons. The lowest BCUT2D eigenvalue weighted by molar-refractivity contribution is 0.667. The summed E-state index contributed by atoms with van der Waals surface area (Å²) in [5, 5.41) is 7.31. The molecule has 0 saturated carbocycles. The van der Waals surface area contributed by atoms with Gasteiger partial charge < -0.3 is 4.42 Å². The van der Waals surface area contributed by atoms with Gasteiger partial charge in [0, 0.05) is 10.8 Å². The maximum atomic E-state index is 6.18. The number of fused-ring (bicyclic) bond motifs is 5. The summed E-state index contributed by atoms with van der Waals surface area (Å²) in [4.78, 5) is 0. The van der Waals surface area contributed by atoms with Crippen LogP contribution in [0.5, 0.6) is 0 Å². The van der Waals surface area contributed by atoms with Gasteiger partial charge in [0.2, 0.25) is 0 Å². The smallest absolute Gasteiger partial charge is 0.149 e. The van der Waals surface area contributed by atoms with Crippen molar-refractivity contribution in [3.63, 3.8) is 0 Å². The summed E-state index contributed by atoms with van der Waals surface area (Å²) in [6.45, 7) is 0. The van der Waals surface area contributed by atoms with Crippen LogP contribution in [0.4, 0.5) is 0 Å². The van der Waals surface area contributed by atoms with Crippen LogP contribution in [0, 0.1) is 0 Å². The standard InChI is InChI=1S/C32H19BrO/c33-28-16-8-15-26-27-19-21(17-18-29(27)34-32(26)28)31-24-13-6-4-11-22(24)30(20-9-2-1-3-10-20)23-12-5-7-14-25(23)31/h1-19H. The molecule has 7 rings (SSSR count). The maximum absolute atomic E-state index is 6.18. The molecule has 0 amide bonds. The van der Waals surface area contributed by atoms with E-state index in [0.717, 1.165) is 26.4 Å². The van der Waals surface area contributed by atoms with E-state index in [1.807, 2.05) is 6.07 Å². The second-order valence-corrected chi connectivity index (χ2v) is 9.49. The Kier molecular flexibility index (Phi) is 4.36. The molecule has 0 bridgehead atoms. The van der Waals surface area contributed by atoms with Crippen LogP contribution in [0.1, 0.15) is 0 Å². The summed E-state index contributed by atoms with van der Waals surface area (Å²) in [6, 6.07) is 41.0. The Morgan fingerprint density at radius 3 is 1.65 bits per heavy atom. The summed E-state index contributed by atoms with van der Waals surface area (Å²) < 4.78 is 7.16. The molecule has 1 heterocycles. The van der Waals surface area contributed by atoms with Gasteiger partial charge in [-0.15, -0.1) is 0 Å². The van der Waals surface area contributed by atoms with Crippen LogP contribution in [-0.4, -0.2) is 0 Å². The van der Waals surface area contributed by atoms with Crippen molar-refractivity contribution in [3.05, 3.63) is 120 Å². The van der Waals surface area contributed by atoms with E-state index in [-0.39, 0.29) is 0 Å². The number of benzene rings is 6. The Bertz CT molecular complexity index is 1800. The van der Waals surface area contributed by atoms with Gasteiger partial charge in [0.1, 0.15) is 11.2 Å². The second kappa shape index (κ2) is 7.58. The van der Waals surface area contributed by atoms with Crippen molar-refractivity contribution in [1.29, 1.82) is 0 Å². The molecule has 0 radical (unpaired) electrons. The van der Waals surface area contributed by atoms with Crippen molar-refractivity contribution >= 4 is 59.4 Å². The Balaban J connectivity index is 1.62. The highest BCUT2D eigenvalue weighted by Crippen LogP contribution is 2.44. The van der Waals surface area contributed by atoms with Crippen LogP contribution in [0.3, 0.4) is 0 Å². The summed E-state index contributed by atoms with van der Waals surface area (Å²) in [5.41, 5.74) is 6.78. The first-order valence-corrected chi connectivity index (χ1v) is 12.2. The summed E-state index contributed by atoms with van der Waals surface area (Å²) in [7, 11) is 0. The third kappa shape index (κ3) is 2.85. The van der Waals surface area contributed by atoms with E-state index in [1.54, 1.807) is 0 Å². The second-order valence-electron chi connectivity index (χ2n) is 8.64. The molecule has 1 aromatic heterocycles. The van der Waals surface area contributed by atoms with Crippen LogP contribution in [0.2, 0.25) is 0 Å². The Morgan fingerprint density at radius 2 is 1.00 bits per heavy atom. The van der Waals surface area contributed by atoms with Crippen LogP contribution < -0.4 is 0 Å². The van der Waals surface area contributed by atoms with Crippen LogP contribution in [-0.2, 0) is 0 Å². The van der Waals surface area contributed by atoms with Crippen molar-refractivity contribution in [2.45, 2.75) is 0 Å². The number of rotatable bonds is 2. The molecule has 0 saturated heterocycles. The van der Waals surface area contributed by atoms with Gasteiger partial charge in [0.25, 0.3) is 0 Å². The lowest BCUT2D eigenvalue weighted by Gasteiger charge is -2.17. The molecule has 6 aromatic carbocycles. The van der Waals surface area contributed by atoms with E-state index in [0.29, 0.717) is 0 Å². The zero-order valence-electron chi connectivity index (χ0n) is 18.3. The zero-order valence-corrected chi connectivity index (χ0v) is 19.8. The third-order valence-electron chi connectivity index (χ3n) is 6.73. The van der Waals surface area contributed by atoms with Crippen LogP contribution >= 0.6 is 15.9 Å². The zero-order chi connectivity index (χ0) is 22.6. The molecule has 0 aliphatic rings. The first kappa shape index (κ1) is 19.6. The molecule has 0 fully saturated rings. The number of hydrogen-bond donors (Lipinski definition) is 0. The minimum absolute atomic E-state index is 0.892. The van der Waals surface area contributed by atoms with Crippen LogP contribution in [0.25, 0.3) is 65.7 Å². The first-order chi connectivity index (χ1) is 16.8. The molecule has 2 heteroatoms. The Hall–Kier alpha value is -3.88. The fourth-order valence-corrected chi connectivity index (χ4v) is 5.72. The summed E-state index contributed by atoms with van der Waals surface area (Å²) in [6.07, 6.45) is 0. The molecule has 0 atom stereocenters.